The summed E-state index contributed by atoms with van der Waals surface area (Å²) in [7, 11) is 0. The minimum absolute atomic E-state index is 0.521. The van der Waals surface area contributed by atoms with Gasteiger partial charge in [0.15, 0.2) is 0 Å². The van der Waals surface area contributed by atoms with Crippen LogP contribution < -0.4 is 5.32 Å². The topological polar surface area (TPSA) is 42.7 Å². The van der Waals surface area contributed by atoms with Crippen LogP contribution in [0.1, 0.15) is 52.1 Å². The Bertz CT molecular complexity index is 293. The lowest BCUT2D eigenvalue weighted by atomic mass is 10.0. The van der Waals surface area contributed by atoms with E-state index < -0.39 is 0 Å². The maximum absolute atomic E-state index is 4.12. The highest BCUT2D eigenvalue weighted by molar-refractivity contribution is 5.01. The fraction of sp³-hybridized carbons (Fsp3) is 0.833. The first-order valence-electron chi connectivity index (χ1n) is 6.27. The lowest BCUT2D eigenvalue weighted by Crippen LogP contribution is -2.25. The third-order valence-corrected chi connectivity index (χ3v) is 2.72. The molecule has 1 atom stereocenters. The van der Waals surface area contributed by atoms with Gasteiger partial charge in [0.1, 0.15) is 0 Å². The maximum Gasteiger partial charge on any atom is 0.0727 e. The van der Waals surface area contributed by atoms with Crippen LogP contribution in [0.15, 0.2) is 6.20 Å². The van der Waals surface area contributed by atoms with Crippen LogP contribution in [0.25, 0.3) is 0 Å². The van der Waals surface area contributed by atoms with E-state index in [-0.39, 0.29) is 0 Å². The van der Waals surface area contributed by atoms with Crippen LogP contribution in [0.5, 0.6) is 0 Å². The zero-order valence-corrected chi connectivity index (χ0v) is 10.9. The Hall–Kier alpha value is -0.900. The summed E-state index contributed by atoms with van der Waals surface area (Å²) in [6.07, 6.45) is 4.14. The summed E-state index contributed by atoms with van der Waals surface area (Å²) in [5.74, 6) is 0.521. The van der Waals surface area contributed by atoms with E-state index in [2.05, 4.69) is 43.3 Å². The van der Waals surface area contributed by atoms with E-state index in [0.717, 1.165) is 25.9 Å². The molecule has 0 aliphatic carbocycles. The Kier molecular flexibility index (Phi) is 5.46. The van der Waals surface area contributed by atoms with Crippen molar-refractivity contribution in [3.8, 4) is 0 Å². The Morgan fingerprint density at radius 2 is 2.12 bits per heavy atom. The highest BCUT2D eigenvalue weighted by Gasteiger charge is 2.11. The Labute approximate surface area is 98.4 Å². The average molecular weight is 224 g/mol. The Morgan fingerprint density at radius 1 is 1.38 bits per heavy atom. The van der Waals surface area contributed by atoms with Crippen molar-refractivity contribution in [1.82, 2.24) is 20.3 Å². The number of hydrogen-bond donors (Lipinski definition) is 1. The molecule has 0 bridgehead atoms. The molecule has 0 radical (unpaired) electrons. The molecular formula is C12H24N4. The highest BCUT2D eigenvalue weighted by atomic mass is 15.4. The summed E-state index contributed by atoms with van der Waals surface area (Å²) in [4.78, 5) is 0. The smallest absolute Gasteiger partial charge is 0.0727 e. The maximum atomic E-state index is 4.12. The lowest BCUT2D eigenvalue weighted by Gasteiger charge is -2.14. The number of nitrogens with zero attached hydrogens (tertiary/aromatic N) is 3. The van der Waals surface area contributed by atoms with Crippen LogP contribution in [0.3, 0.4) is 0 Å². The summed E-state index contributed by atoms with van der Waals surface area (Å²) < 4.78 is 2.03. The summed E-state index contributed by atoms with van der Waals surface area (Å²) in [6.45, 7) is 10.8. The fourth-order valence-electron chi connectivity index (χ4n) is 1.77. The number of aryl methyl sites for hydroxylation is 1. The lowest BCUT2D eigenvalue weighted by molar-refractivity contribution is 0.497. The summed E-state index contributed by atoms with van der Waals surface area (Å²) in [6, 6.07) is 0.561. The third kappa shape index (κ3) is 3.93. The van der Waals surface area contributed by atoms with Crippen LogP contribution in [-0.4, -0.2) is 27.6 Å². The fourth-order valence-corrected chi connectivity index (χ4v) is 1.77. The van der Waals surface area contributed by atoms with Crippen LogP contribution >= 0.6 is 0 Å². The molecule has 0 aliphatic rings. The van der Waals surface area contributed by atoms with E-state index in [0.29, 0.717) is 12.0 Å². The SMILES string of the molecule is CCCn1nncc1C(C)CCNC(C)C. The number of nitrogens with one attached hydrogen (secondary N) is 1. The van der Waals surface area contributed by atoms with Gasteiger partial charge in [-0.05, 0) is 19.4 Å². The number of hydrogen-bond acceptors (Lipinski definition) is 3. The molecule has 0 spiro atoms. The summed E-state index contributed by atoms with van der Waals surface area (Å²) >= 11 is 0. The molecular weight excluding hydrogens is 200 g/mol. The summed E-state index contributed by atoms with van der Waals surface area (Å²) in [5, 5.41) is 11.6. The van der Waals surface area contributed by atoms with Gasteiger partial charge in [0.2, 0.25) is 0 Å². The first kappa shape index (κ1) is 13.2. The molecule has 0 fully saturated rings. The van der Waals surface area contributed by atoms with Crippen molar-refractivity contribution in [2.45, 2.75) is 59.0 Å². The summed E-state index contributed by atoms with van der Waals surface area (Å²) in [5.41, 5.74) is 1.26. The molecule has 0 aliphatic heterocycles. The van der Waals surface area contributed by atoms with Gasteiger partial charge in [0.25, 0.3) is 0 Å². The van der Waals surface area contributed by atoms with Crippen molar-refractivity contribution >= 4 is 0 Å². The van der Waals surface area contributed by atoms with Crippen LogP contribution in [-0.2, 0) is 6.54 Å². The van der Waals surface area contributed by atoms with Gasteiger partial charge in [-0.15, -0.1) is 5.10 Å². The van der Waals surface area contributed by atoms with Crippen molar-refractivity contribution < 1.29 is 0 Å². The second-order valence-corrected chi connectivity index (χ2v) is 4.68. The zero-order valence-electron chi connectivity index (χ0n) is 10.9. The van der Waals surface area contributed by atoms with E-state index >= 15 is 0 Å². The second-order valence-electron chi connectivity index (χ2n) is 4.68. The van der Waals surface area contributed by atoms with Crippen molar-refractivity contribution in [3.63, 3.8) is 0 Å². The molecule has 1 N–H and O–H groups in total. The molecule has 1 rings (SSSR count). The molecule has 0 saturated heterocycles. The van der Waals surface area contributed by atoms with Crippen molar-refractivity contribution in [2.24, 2.45) is 0 Å². The van der Waals surface area contributed by atoms with Crippen LogP contribution in [0, 0.1) is 0 Å². The van der Waals surface area contributed by atoms with Gasteiger partial charge >= 0.3 is 0 Å². The van der Waals surface area contributed by atoms with Crippen molar-refractivity contribution in [2.75, 3.05) is 6.54 Å². The van der Waals surface area contributed by atoms with Crippen molar-refractivity contribution in [3.05, 3.63) is 11.9 Å². The number of rotatable bonds is 7. The van der Waals surface area contributed by atoms with E-state index in [1.165, 1.54) is 5.69 Å². The van der Waals surface area contributed by atoms with Crippen LogP contribution in [0.2, 0.25) is 0 Å². The molecule has 0 saturated carbocycles. The first-order chi connectivity index (χ1) is 7.65. The minimum Gasteiger partial charge on any atom is -0.315 e. The van der Waals surface area contributed by atoms with Crippen molar-refractivity contribution in [1.29, 1.82) is 0 Å². The van der Waals surface area contributed by atoms with Gasteiger partial charge in [-0.2, -0.15) is 0 Å². The molecule has 1 heterocycles. The molecule has 92 valence electrons. The average Bonchev–Trinajstić information content (AvgIpc) is 2.66. The van der Waals surface area contributed by atoms with Gasteiger partial charge in [-0.3, -0.25) is 0 Å². The van der Waals surface area contributed by atoms with Gasteiger partial charge in [0, 0.05) is 18.5 Å². The largest absolute Gasteiger partial charge is 0.315 e. The predicted octanol–water partition coefficient (Wildman–Crippen LogP) is 2.18. The van der Waals surface area contributed by atoms with Gasteiger partial charge in [-0.25, -0.2) is 4.68 Å². The minimum atomic E-state index is 0.521. The Morgan fingerprint density at radius 3 is 2.75 bits per heavy atom. The molecule has 0 aromatic carbocycles. The zero-order chi connectivity index (χ0) is 12.0. The molecule has 1 unspecified atom stereocenters. The Balaban J connectivity index is 2.45. The molecule has 4 nitrogen and oxygen atoms in total. The quantitative estimate of drug-likeness (QED) is 0.772. The van der Waals surface area contributed by atoms with Crippen LogP contribution in [0.4, 0.5) is 0 Å². The van der Waals surface area contributed by atoms with Gasteiger partial charge < -0.3 is 5.32 Å². The van der Waals surface area contributed by atoms with Gasteiger partial charge in [-0.1, -0.05) is 32.9 Å². The van der Waals surface area contributed by atoms with E-state index in [4.69, 9.17) is 0 Å². The van der Waals surface area contributed by atoms with E-state index in [1.54, 1.807) is 0 Å². The number of aromatic nitrogens is 3. The highest BCUT2D eigenvalue weighted by Crippen LogP contribution is 2.17. The standard InChI is InChI=1S/C12H24N4/c1-5-8-16-12(9-14-15-16)11(4)6-7-13-10(2)3/h9-11,13H,5-8H2,1-4H3. The molecule has 4 heteroatoms. The van der Waals surface area contributed by atoms with E-state index in [1.807, 2.05) is 10.9 Å². The molecule has 1 aromatic rings. The molecule has 16 heavy (non-hydrogen) atoms. The molecule has 1 aromatic heterocycles. The third-order valence-electron chi connectivity index (χ3n) is 2.72. The van der Waals surface area contributed by atoms with Gasteiger partial charge in [0.05, 0.1) is 11.9 Å². The monoisotopic (exact) mass is 224 g/mol. The predicted molar refractivity (Wildman–Crippen MR) is 66.5 cm³/mol. The second kappa shape index (κ2) is 6.63. The first-order valence-corrected chi connectivity index (χ1v) is 6.27. The molecule has 0 amide bonds. The normalized spacial score (nSPS) is 13.3. The van der Waals surface area contributed by atoms with E-state index in [9.17, 15) is 0 Å².